The number of aromatic nitrogens is 5. The van der Waals surface area contributed by atoms with E-state index in [1.54, 1.807) is 35.5 Å². The SMILES string of the molecule is CC[C@H](c1ccc(F)cc1)n1cc(C(=O)NCCCn2ccnc2)nn1. The smallest absolute Gasteiger partial charge is 0.273 e. The van der Waals surface area contributed by atoms with E-state index in [4.69, 9.17) is 0 Å². The Morgan fingerprint density at radius 2 is 2.12 bits per heavy atom. The van der Waals surface area contributed by atoms with Gasteiger partial charge in [0, 0.05) is 25.5 Å². The molecule has 0 aliphatic rings. The highest BCUT2D eigenvalue weighted by molar-refractivity contribution is 5.91. The van der Waals surface area contributed by atoms with Crippen LogP contribution >= 0.6 is 0 Å². The van der Waals surface area contributed by atoms with Gasteiger partial charge < -0.3 is 9.88 Å². The monoisotopic (exact) mass is 356 g/mol. The van der Waals surface area contributed by atoms with Gasteiger partial charge in [-0.25, -0.2) is 14.1 Å². The number of halogens is 1. The topological polar surface area (TPSA) is 77.6 Å². The zero-order chi connectivity index (χ0) is 18.4. The molecular formula is C18H21FN6O. The van der Waals surface area contributed by atoms with Gasteiger partial charge >= 0.3 is 0 Å². The molecule has 0 fully saturated rings. The number of benzene rings is 1. The molecule has 26 heavy (non-hydrogen) atoms. The Bertz CT molecular complexity index is 828. The molecule has 3 aromatic rings. The third-order valence-electron chi connectivity index (χ3n) is 4.14. The molecule has 7 nitrogen and oxygen atoms in total. The summed E-state index contributed by atoms with van der Waals surface area (Å²) in [5, 5.41) is 10.9. The van der Waals surface area contributed by atoms with E-state index in [1.165, 1.54) is 12.1 Å². The third-order valence-corrected chi connectivity index (χ3v) is 4.14. The predicted octanol–water partition coefficient (Wildman–Crippen LogP) is 2.43. The van der Waals surface area contributed by atoms with E-state index in [0.717, 1.165) is 24.9 Å². The Hall–Kier alpha value is -3.03. The van der Waals surface area contributed by atoms with E-state index in [1.807, 2.05) is 17.7 Å². The lowest BCUT2D eigenvalue weighted by molar-refractivity contribution is 0.0947. The molecule has 1 N–H and O–H groups in total. The van der Waals surface area contributed by atoms with Crippen LogP contribution in [0.2, 0.25) is 0 Å². The molecule has 0 radical (unpaired) electrons. The lowest BCUT2D eigenvalue weighted by Crippen LogP contribution is -2.25. The van der Waals surface area contributed by atoms with E-state index in [-0.39, 0.29) is 23.5 Å². The van der Waals surface area contributed by atoms with Gasteiger partial charge in [-0.05, 0) is 30.5 Å². The van der Waals surface area contributed by atoms with Crippen LogP contribution in [0.15, 0.2) is 49.2 Å². The van der Waals surface area contributed by atoms with Crippen molar-refractivity contribution in [3.8, 4) is 0 Å². The van der Waals surface area contributed by atoms with Crippen LogP contribution in [0.1, 0.15) is 41.9 Å². The molecular weight excluding hydrogens is 335 g/mol. The highest BCUT2D eigenvalue weighted by atomic mass is 19.1. The molecule has 2 aromatic heterocycles. The first-order valence-electron chi connectivity index (χ1n) is 8.58. The van der Waals surface area contributed by atoms with Crippen LogP contribution in [-0.4, -0.2) is 37.0 Å². The van der Waals surface area contributed by atoms with E-state index in [0.29, 0.717) is 6.54 Å². The van der Waals surface area contributed by atoms with E-state index in [2.05, 4.69) is 20.6 Å². The number of imidazole rings is 1. The predicted molar refractivity (Wildman–Crippen MR) is 94.0 cm³/mol. The second kappa shape index (κ2) is 8.37. The number of amides is 1. The number of nitrogens with zero attached hydrogens (tertiary/aromatic N) is 5. The fourth-order valence-electron chi connectivity index (χ4n) is 2.77. The normalized spacial score (nSPS) is 12.1. The molecule has 136 valence electrons. The largest absolute Gasteiger partial charge is 0.351 e. The van der Waals surface area contributed by atoms with Gasteiger partial charge in [-0.2, -0.15) is 0 Å². The summed E-state index contributed by atoms with van der Waals surface area (Å²) in [7, 11) is 0. The summed E-state index contributed by atoms with van der Waals surface area (Å²) < 4.78 is 16.7. The number of hydrogen-bond acceptors (Lipinski definition) is 4. The molecule has 0 aliphatic heterocycles. The van der Waals surface area contributed by atoms with Gasteiger partial charge in [-0.1, -0.05) is 24.3 Å². The van der Waals surface area contributed by atoms with Gasteiger partial charge in [0.15, 0.2) is 5.69 Å². The summed E-state index contributed by atoms with van der Waals surface area (Å²) in [6, 6.07) is 6.19. The first kappa shape index (κ1) is 17.8. The fourth-order valence-corrected chi connectivity index (χ4v) is 2.77. The zero-order valence-corrected chi connectivity index (χ0v) is 14.5. The van der Waals surface area contributed by atoms with Crippen LogP contribution in [0, 0.1) is 5.82 Å². The van der Waals surface area contributed by atoms with Crippen molar-refractivity contribution in [3.05, 3.63) is 66.3 Å². The fraction of sp³-hybridized carbons (Fsp3) is 0.333. The van der Waals surface area contributed by atoms with E-state index >= 15 is 0 Å². The molecule has 0 saturated heterocycles. The summed E-state index contributed by atoms with van der Waals surface area (Å²) in [5.41, 5.74) is 1.19. The average Bonchev–Trinajstić information content (AvgIpc) is 3.33. The Morgan fingerprint density at radius 3 is 2.81 bits per heavy atom. The first-order chi connectivity index (χ1) is 12.7. The Labute approximate surface area is 150 Å². The summed E-state index contributed by atoms with van der Waals surface area (Å²) in [6.45, 7) is 3.33. The van der Waals surface area contributed by atoms with Crippen molar-refractivity contribution in [2.24, 2.45) is 0 Å². The van der Waals surface area contributed by atoms with Gasteiger partial charge in [0.2, 0.25) is 0 Å². The molecule has 0 bridgehead atoms. The number of carbonyl (C=O) groups excluding carboxylic acids is 1. The molecule has 1 amide bonds. The van der Waals surface area contributed by atoms with Crippen molar-refractivity contribution in [2.75, 3.05) is 6.54 Å². The summed E-state index contributed by atoms with van der Waals surface area (Å²) >= 11 is 0. The van der Waals surface area contributed by atoms with Crippen molar-refractivity contribution >= 4 is 5.91 Å². The Balaban J connectivity index is 1.57. The summed E-state index contributed by atoms with van der Waals surface area (Å²) in [6.07, 6.45) is 8.52. The van der Waals surface area contributed by atoms with Crippen molar-refractivity contribution in [3.63, 3.8) is 0 Å². The van der Waals surface area contributed by atoms with Gasteiger partial charge in [0.25, 0.3) is 5.91 Å². The summed E-state index contributed by atoms with van der Waals surface area (Å²) in [4.78, 5) is 16.2. The number of hydrogen-bond donors (Lipinski definition) is 1. The van der Waals surface area contributed by atoms with Crippen molar-refractivity contribution in [2.45, 2.75) is 32.4 Å². The van der Waals surface area contributed by atoms with Crippen LogP contribution < -0.4 is 5.32 Å². The molecule has 8 heteroatoms. The summed E-state index contributed by atoms with van der Waals surface area (Å²) in [5.74, 6) is -0.534. The molecule has 2 heterocycles. The van der Waals surface area contributed by atoms with Gasteiger partial charge in [-0.15, -0.1) is 5.10 Å². The minimum atomic E-state index is -0.280. The van der Waals surface area contributed by atoms with Gasteiger partial charge in [0.1, 0.15) is 5.82 Å². The van der Waals surface area contributed by atoms with Crippen LogP contribution in [0.25, 0.3) is 0 Å². The van der Waals surface area contributed by atoms with E-state index in [9.17, 15) is 9.18 Å². The van der Waals surface area contributed by atoms with E-state index < -0.39 is 0 Å². The third kappa shape index (κ3) is 4.33. The van der Waals surface area contributed by atoms with Crippen LogP contribution in [0.5, 0.6) is 0 Å². The maximum absolute atomic E-state index is 13.1. The maximum atomic E-state index is 13.1. The number of rotatable bonds is 8. The van der Waals surface area contributed by atoms with Crippen LogP contribution in [0.3, 0.4) is 0 Å². The first-order valence-corrected chi connectivity index (χ1v) is 8.58. The number of carbonyl (C=O) groups is 1. The van der Waals surface area contributed by atoms with Gasteiger partial charge in [-0.3, -0.25) is 4.79 Å². The lowest BCUT2D eigenvalue weighted by atomic mass is 10.0. The van der Waals surface area contributed by atoms with Crippen LogP contribution in [-0.2, 0) is 6.54 Å². The van der Waals surface area contributed by atoms with Crippen LogP contribution in [0.4, 0.5) is 4.39 Å². The average molecular weight is 356 g/mol. The molecule has 3 rings (SSSR count). The second-order valence-electron chi connectivity index (χ2n) is 5.97. The minimum Gasteiger partial charge on any atom is -0.351 e. The number of nitrogens with one attached hydrogen (secondary N) is 1. The minimum absolute atomic E-state index is 0.0918. The standard InChI is InChI=1S/C18H21FN6O/c1-2-17(14-4-6-15(19)7-5-14)25-12-16(22-23-25)18(26)21-8-3-10-24-11-9-20-13-24/h4-7,9,11-13,17H,2-3,8,10H2,1H3,(H,21,26)/t17-/m1/s1. The van der Waals surface area contributed by atoms with Crippen molar-refractivity contribution in [1.29, 1.82) is 0 Å². The quantitative estimate of drug-likeness (QED) is 0.629. The number of aryl methyl sites for hydroxylation is 1. The van der Waals surface area contributed by atoms with Crippen molar-refractivity contribution < 1.29 is 9.18 Å². The molecule has 1 atom stereocenters. The zero-order valence-electron chi connectivity index (χ0n) is 14.5. The molecule has 1 aromatic carbocycles. The Morgan fingerprint density at radius 1 is 1.31 bits per heavy atom. The van der Waals surface area contributed by atoms with Gasteiger partial charge in [0.05, 0.1) is 18.6 Å². The second-order valence-corrected chi connectivity index (χ2v) is 5.97. The molecule has 0 aliphatic carbocycles. The lowest BCUT2D eigenvalue weighted by Gasteiger charge is -2.14. The molecule has 0 spiro atoms. The highest BCUT2D eigenvalue weighted by Crippen LogP contribution is 2.21. The Kier molecular flexibility index (Phi) is 5.73. The molecule has 0 saturated carbocycles. The maximum Gasteiger partial charge on any atom is 0.273 e. The van der Waals surface area contributed by atoms with Crippen molar-refractivity contribution in [1.82, 2.24) is 29.9 Å². The molecule has 0 unspecified atom stereocenters. The highest BCUT2D eigenvalue weighted by Gasteiger charge is 2.17.